The van der Waals surface area contributed by atoms with Gasteiger partial charge in [-0.15, -0.1) is 0 Å². The lowest BCUT2D eigenvalue weighted by Gasteiger charge is -2.08. The summed E-state index contributed by atoms with van der Waals surface area (Å²) in [6.07, 6.45) is 4.37. The molecule has 0 aliphatic heterocycles. The van der Waals surface area contributed by atoms with Crippen molar-refractivity contribution < 1.29 is 31.2 Å². The maximum Gasteiger partial charge on any atom is 0.485 e. The number of hydrogen-bond donors (Lipinski definition) is 1. The van der Waals surface area contributed by atoms with Crippen LogP contribution in [0.3, 0.4) is 0 Å². The minimum absolute atomic E-state index is 0.281. The Kier molecular flexibility index (Phi) is 6.37. The molecule has 116 valence electrons. The molecule has 0 spiro atoms. The lowest BCUT2D eigenvalue weighted by atomic mass is 10.1. The van der Waals surface area contributed by atoms with Crippen LogP contribution in [0.4, 0.5) is 13.2 Å². The molecule has 9 heteroatoms. The van der Waals surface area contributed by atoms with Crippen molar-refractivity contribution in [1.82, 2.24) is 0 Å². The molecule has 0 aromatic heterocycles. The summed E-state index contributed by atoms with van der Waals surface area (Å²) in [5.74, 6) is 0.434. The number of hydrogen-bond acceptors (Lipinski definition) is 4. The largest absolute Gasteiger partial charge is 0.741 e. The molecule has 0 unspecified atom stereocenters. The maximum absolute atomic E-state index is 10.7. The fraction of sp³-hybridized carbons (Fsp3) is 0.455. The molecule has 0 saturated heterocycles. The Hall–Kier alpha value is -0.930. The van der Waals surface area contributed by atoms with Crippen LogP contribution in [-0.4, -0.2) is 36.1 Å². The molecule has 0 atom stereocenters. The van der Waals surface area contributed by atoms with E-state index in [1.54, 1.807) is 0 Å². The smallest absolute Gasteiger partial charge is 0.485 e. The van der Waals surface area contributed by atoms with Gasteiger partial charge in [0.05, 0.1) is 0 Å². The SMILES string of the molecule is Cc1cc([S+](C)C)cc(C)c1O.O=S(=O)([O-])C(F)(F)F. The summed E-state index contributed by atoms with van der Waals surface area (Å²) in [5, 5.41) is 9.52. The number of benzene rings is 1. The average molecular weight is 332 g/mol. The second-order valence-corrected chi connectivity index (χ2v) is 7.60. The third-order valence-electron chi connectivity index (χ3n) is 2.22. The number of rotatable bonds is 1. The van der Waals surface area contributed by atoms with Crippen LogP contribution >= 0.6 is 0 Å². The van der Waals surface area contributed by atoms with Gasteiger partial charge in [-0.25, -0.2) is 8.42 Å². The zero-order valence-electron chi connectivity index (χ0n) is 11.3. The van der Waals surface area contributed by atoms with Gasteiger partial charge in [0.2, 0.25) is 0 Å². The number of phenols is 1. The number of alkyl halides is 3. The van der Waals surface area contributed by atoms with E-state index in [9.17, 15) is 18.3 Å². The van der Waals surface area contributed by atoms with Gasteiger partial charge in [0.15, 0.2) is 15.0 Å². The Labute approximate surface area is 118 Å². The highest BCUT2D eigenvalue weighted by Gasteiger charge is 2.36. The first-order chi connectivity index (χ1) is 8.77. The molecule has 4 nitrogen and oxygen atoms in total. The summed E-state index contributed by atoms with van der Waals surface area (Å²) in [6, 6.07) is 4.12. The molecule has 0 amide bonds. The molecule has 1 aromatic rings. The second kappa shape index (κ2) is 6.68. The monoisotopic (exact) mass is 332 g/mol. The van der Waals surface area contributed by atoms with Gasteiger partial charge in [0, 0.05) is 10.9 Å². The fourth-order valence-corrected chi connectivity index (χ4v) is 1.98. The van der Waals surface area contributed by atoms with Crippen LogP contribution < -0.4 is 0 Å². The Bertz CT molecular complexity index is 543. The van der Waals surface area contributed by atoms with Crippen molar-refractivity contribution in [2.75, 3.05) is 12.5 Å². The molecule has 0 aliphatic rings. The third kappa shape index (κ3) is 5.59. The summed E-state index contributed by atoms with van der Waals surface area (Å²) in [7, 11) is -5.81. The molecule has 1 aromatic carbocycles. The van der Waals surface area contributed by atoms with Crippen molar-refractivity contribution in [1.29, 1.82) is 0 Å². The topological polar surface area (TPSA) is 77.4 Å². The van der Waals surface area contributed by atoms with Crippen LogP contribution in [0.25, 0.3) is 0 Å². The molecule has 20 heavy (non-hydrogen) atoms. The van der Waals surface area contributed by atoms with Crippen molar-refractivity contribution in [3.8, 4) is 5.75 Å². The summed E-state index contributed by atoms with van der Waals surface area (Å²) in [5.41, 5.74) is -3.69. The lowest BCUT2D eigenvalue weighted by Crippen LogP contribution is -2.21. The van der Waals surface area contributed by atoms with Crippen LogP contribution in [0.2, 0.25) is 0 Å². The first kappa shape index (κ1) is 19.1. The molecular formula is C11H15F3O4S2. The van der Waals surface area contributed by atoms with E-state index < -0.39 is 15.6 Å². The Morgan fingerprint density at radius 2 is 1.45 bits per heavy atom. The van der Waals surface area contributed by atoms with Crippen LogP contribution in [0.15, 0.2) is 17.0 Å². The number of halogens is 3. The van der Waals surface area contributed by atoms with Crippen molar-refractivity contribution in [3.05, 3.63) is 23.3 Å². The van der Waals surface area contributed by atoms with E-state index in [0.29, 0.717) is 5.75 Å². The zero-order valence-corrected chi connectivity index (χ0v) is 12.9. The maximum atomic E-state index is 10.7. The first-order valence-electron chi connectivity index (χ1n) is 5.17. The summed E-state index contributed by atoms with van der Waals surface area (Å²) in [4.78, 5) is 1.32. The van der Waals surface area contributed by atoms with Gasteiger partial charge < -0.3 is 9.66 Å². The minimum Gasteiger partial charge on any atom is -0.741 e. The molecule has 0 saturated carbocycles. The van der Waals surface area contributed by atoms with Gasteiger partial charge in [0.25, 0.3) is 0 Å². The highest BCUT2D eigenvalue weighted by atomic mass is 32.2. The van der Waals surface area contributed by atoms with Gasteiger partial charge in [0.1, 0.15) is 18.3 Å². The Morgan fingerprint density at radius 3 is 1.65 bits per heavy atom. The first-order valence-corrected chi connectivity index (χ1v) is 8.62. The van der Waals surface area contributed by atoms with Crippen LogP contribution in [-0.2, 0) is 21.0 Å². The normalized spacial score (nSPS) is 12.1. The standard InChI is InChI=1S/C10H14OS.CHF3O3S/c1-7-5-9(12(3)4)6-8(2)10(7)11;2-1(3,4)8(5,6)7/h5-6H,1-4H3;(H,5,6,7). The number of phenolic OH excluding ortho intramolecular Hbond substituents is 1. The molecule has 0 aliphatic carbocycles. The van der Waals surface area contributed by atoms with Gasteiger partial charge in [-0.05, 0) is 37.1 Å². The lowest BCUT2D eigenvalue weighted by molar-refractivity contribution is -0.0517. The second-order valence-electron chi connectivity index (χ2n) is 4.12. The van der Waals surface area contributed by atoms with E-state index in [1.165, 1.54) is 4.90 Å². The van der Waals surface area contributed by atoms with Crippen LogP contribution in [0.1, 0.15) is 11.1 Å². The number of aryl methyl sites for hydroxylation is 2. The highest BCUT2D eigenvalue weighted by Crippen LogP contribution is 2.25. The van der Waals surface area contributed by atoms with Crippen molar-refractivity contribution in [3.63, 3.8) is 0 Å². The van der Waals surface area contributed by atoms with Crippen LogP contribution in [0, 0.1) is 13.8 Å². The molecule has 1 N–H and O–H groups in total. The third-order valence-corrected chi connectivity index (χ3v) is 3.96. The zero-order chi connectivity index (χ0) is 16.3. The molecule has 0 radical (unpaired) electrons. The summed E-state index contributed by atoms with van der Waals surface area (Å²) < 4.78 is 58.9. The van der Waals surface area contributed by atoms with E-state index >= 15 is 0 Å². The van der Waals surface area contributed by atoms with E-state index in [4.69, 9.17) is 13.0 Å². The summed E-state index contributed by atoms with van der Waals surface area (Å²) in [6.45, 7) is 3.89. The van der Waals surface area contributed by atoms with Gasteiger partial charge in [-0.1, -0.05) is 0 Å². The molecular weight excluding hydrogens is 317 g/mol. The average Bonchev–Trinajstić information content (AvgIpc) is 2.23. The predicted octanol–water partition coefficient (Wildman–Crippen LogP) is 2.30. The van der Waals surface area contributed by atoms with E-state index in [0.717, 1.165) is 11.1 Å². The predicted molar refractivity (Wildman–Crippen MR) is 70.8 cm³/mol. The highest BCUT2D eigenvalue weighted by molar-refractivity contribution is 7.95. The van der Waals surface area contributed by atoms with Gasteiger partial charge >= 0.3 is 5.51 Å². The van der Waals surface area contributed by atoms with E-state index in [1.807, 2.05) is 13.8 Å². The molecule has 0 heterocycles. The minimum atomic E-state index is -6.09. The van der Waals surface area contributed by atoms with E-state index in [-0.39, 0.29) is 10.9 Å². The summed E-state index contributed by atoms with van der Waals surface area (Å²) >= 11 is 0. The van der Waals surface area contributed by atoms with Crippen molar-refractivity contribution in [2.45, 2.75) is 24.3 Å². The van der Waals surface area contributed by atoms with Gasteiger partial charge in [-0.3, -0.25) is 0 Å². The van der Waals surface area contributed by atoms with Gasteiger partial charge in [-0.2, -0.15) is 13.2 Å². The van der Waals surface area contributed by atoms with Crippen molar-refractivity contribution in [2.24, 2.45) is 0 Å². The quantitative estimate of drug-likeness (QED) is 0.486. The Balaban J connectivity index is 0.000000396. The Morgan fingerprint density at radius 1 is 1.15 bits per heavy atom. The fourth-order valence-electron chi connectivity index (χ4n) is 1.15. The van der Waals surface area contributed by atoms with Crippen molar-refractivity contribution >= 4 is 21.0 Å². The van der Waals surface area contributed by atoms with Crippen LogP contribution in [0.5, 0.6) is 5.75 Å². The molecule has 0 fully saturated rings. The molecule has 0 bridgehead atoms. The van der Waals surface area contributed by atoms with E-state index in [2.05, 4.69) is 24.6 Å². The molecule has 1 rings (SSSR count). The number of aromatic hydroxyl groups is 1.